The van der Waals surface area contributed by atoms with Crippen LogP contribution in [-0.2, 0) is 10.0 Å². The second kappa shape index (κ2) is 4.55. The number of nitrogen functional groups attached to an aromatic ring is 1. The Morgan fingerprint density at radius 1 is 1.26 bits per heavy atom. The van der Waals surface area contributed by atoms with Gasteiger partial charge in [0.2, 0.25) is 5.95 Å². The van der Waals surface area contributed by atoms with E-state index in [9.17, 15) is 8.42 Å². The van der Waals surface area contributed by atoms with Crippen LogP contribution in [0.15, 0.2) is 28.6 Å². The third-order valence-corrected chi connectivity index (χ3v) is 6.39. The number of anilines is 1. The number of thiophene rings is 1. The van der Waals surface area contributed by atoms with Gasteiger partial charge in [-0.1, -0.05) is 0 Å². The summed E-state index contributed by atoms with van der Waals surface area (Å²) in [6.07, 6.45) is 2.49. The molecule has 0 aliphatic carbocycles. The summed E-state index contributed by atoms with van der Waals surface area (Å²) < 4.78 is 26.2. The molecule has 6 nitrogen and oxygen atoms in total. The molecule has 0 aromatic carbocycles. The molecule has 0 atom stereocenters. The van der Waals surface area contributed by atoms with Crippen LogP contribution in [0.1, 0.15) is 6.42 Å². The molecule has 0 unspecified atom stereocenters. The van der Waals surface area contributed by atoms with Crippen LogP contribution in [0.25, 0.3) is 10.6 Å². The van der Waals surface area contributed by atoms with E-state index in [0.29, 0.717) is 23.0 Å². The highest BCUT2D eigenvalue weighted by Gasteiger charge is 2.30. The van der Waals surface area contributed by atoms with E-state index >= 15 is 0 Å². The van der Waals surface area contributed by atoms with Crippen LogP contribution in [0, 0.1) is 0 Å². The zero-order valence-electron chi connectivity index (χ0n) is 9.98. The minimum absolute atomic E-state index is 0.179. The van der Waals surface area contributed by atoms with Crippen LogP contribution in [-0.4, -0.2) is 35.8 Å². The predicted molar refractivity (Wildman–Crippen MR) is 73.1 cm³/mol. The standard InChI is InChI=1S/C11H12N4O2S2/c12-11-13-5-4-8(14-11)9-2-3-10(18-9)19(16,17)15-6-1-7-15/h2-5H,1,6-7H2,(H2,12,13,14). The van der Waals surface area contributed by atoms with Crippen molar-refractivity contribution in [3.05, 3.63) is 24.4 Å². The maximum Gasteiger partial charge on any atom is 0.252 e. The van der Waals surface area contributed by atoms with Gasteiger partial charge in [-0.25, -0.2) is 18.4 Å². The smallest absolute Gasteiger partial charge is 0.252 e. The molecule has 1 aliphatic rings. The Kier molecular flexibility index (Phi) is 3.00. The highest BCUT2D eigenvalue weighted by atomic mass is 32.2. The third kappa shape index (κ3) is 2.22. The van der Waals surface area contributed by atoms with E-state index in [2.05, 4.69) is 9.97 Å². The van der Waals surface area contributed by atoms with E-state index < -0.39 is 10.0 Å². The third-order valence-electron chi connectivity index (χ3n) is 2.92. The zero-order chi connectivity index (χ0) is 13.5. The van der Waals surface area contributed by atoms with E-state index in [-0.39, 0.29) is 5.95 Å². The molecule has 8 heteroatoms. The number of sulfonamides is 1. The Balaban J connectivity index is 1.95. The van der Waals surface area contributed by atoms with Crippen molar-refractivity contribution in [3.8, 4) is 10.6 Å². The Labute approximate surface area is 115 Å². The Bertz CT molecular complexity index is 707. The summed E-state index contributed by atoms with van der Waals surface area (Å²) in [5.41, 5.74) is 6.16. The molecule has 0 radical (unpaired) electrons. The topological polar surface area (TPSA) is 89.2 Å². The van der Waals surface area contributed by atoms with E-state index in [1.807, 2.05) is 0 Å². The number of nitrogens with zero attached hydrogens (tertiary/aromatic N) is 3. The van der Waals surface area contributed by atoms with Gasteiger partial charge in [0.1, 0.15) is 4.21 Å². The van der Waals surface area contributed by atoms with Gasteiger partial charge in [-0.3, -0.25) is 0 Å². The normalized spacial score (nSPS) is 16.2. The van der Waals surface area contributed by atoms with Gasteiger partial charge >= 0.3 is 0 Å². The Morgan fingerprint density at radius 3 is 2.68 bits per heavy atom. The molecule has 3 heterocycles. The zero-order valence-corrected chi connectivity index (χ0v) is 11.6. The maximum absolute atomic E-state index is 12.2. The molecule has 0 bridgehead atoms. The summed E-state index contributed by atoms with van der Waals surface area (Å²) in [7, 11) is -3.32. The molecular formula is C11H12N4O2S2. The molecule has 19 heavy (non-hydrogen) atoms. The van der Waals surface area contributed by atoms with Crippen LogP contribution < -0.4 is 5.73 Å². The lowest BCUT2D eigenvalue weighted by Crippen LogP contribution is -2.41. The molecule has 0 spiro atoms. The number of aromatic nitrogens is 2. The first kappa shape index (κ1) is 12.5. The minimum Gasteiger partial charge on any atom is -0.368 e. The lowest BCUT2D eigenvalue weighted by atomic mass is 10.3. The average Bonchev–Trinajstić information content (AvgIpc) is 2.75. The average molecular weight is 296 g/mol. The molecule has 0 saturated carbocycles. The van der Waals surface area contributed by atoms with E-state index in [1.54, 1.807) is 24.4 Å². The van der Waals surface area contributed by atoms with Crippen molar-refractivity contribution in [2.45, 2.75) is 10.6 Å². The van der Waals surface area contributed by atoms with Crippen LogP contribution in [0.2, 0.25) is 0 Å². The lowest BCUT2D eigenvalue weighted by Gasteiger charge is -2.28. The van der Waals surface area contributed by atoms with E-state index in [1.165, 1.54) is 15.6 Å². The van der Waals surface area contributed by atoms with Crippen molar-refractivity contribution < 1.29 is 8.42 Å². The van der Waals surface area contributed by atoms with Crippen molar-refractivity contribution >= 4 is 27.3 Å². The summed E-state index contributed by atoms with van der Waals surface area (Å²) in [5.74, 6) is 0.179. The van der Waals surface area contributed by atoms with Gasteiger partial charge in [0.05, 0.1) is 10.6 Å². The molecule has 1 saturated heterocycles. The second-order valence-corrected chi connectivity index (χ2v) is 7.42. The van der Waals surface area contributed by atoms with Crippen molar-refractivity contribution in [1.29, 1.82) is 0 Å². The van der Waals surface area contributed by atoms with Gasteiger partial charge in [-0.15, -0.1) is 11.3 Å². The summed E-state index contributed by atoms with van der Waals surface area (Å²) in [6.45, 7) is 1.21. The minimum atomic E-state index is -3.32. The molecule has 0 amide bonds. The highest BCUT2D eigenvalue weighted by Crippen LogP contribution is 2.32. The second-order valence-electron chi connectivity index (χ2n) is 4.18. The summed E-state index contributed by atoms with van der Waals surface area (Å²) in [5, 5.41) is 0. The van der Waals surface area contributed by atoms with Crippen LogP contribution >= 0.6 is 11.3 Å². The molecule has 100 valence electrons. The SMILES string of the molecule is Nc1nccc(-c2ccc(S(=O)(=O)N3CCC3)s2)n1. The van der Waals surface area contributed by atoms with Crippen molar-refractivity contribution in [2.75, 3.05) is 18.8 Å². The first-order valence-electron chi connectivity index (χ1n) is 5.76. The van der Waals surface area contributed by atoms with Gasteiger partial charge in [-0.05, 0) is 24.6 Å². The van der Waals surface area contributed by atoms with Gasteiger partial charge < -0.3 is 5.73 Å². The fraction of sp³-hybridized carbons (Fsp3) is 0.273. The van der Waals surface area contributed by atoms with Gasteiger partial charge in [-0.2, -0.15) is 4.31 Å². The fourth-order valence-corrected chi connectivity index (χ4v) is 4.71. The first-order chi connectivity index (χ1) is 9.07. The molecule has 1 aliphatic heterocycles. The van der Waals surface area contributed by atoms with Gasteiger partial charge in [0.25, 0.3) is 10.0 Å². The largest absolute Gasteiger partial charge is 0.368 e. The van der Waals surface area contributed by atoms with Gasteiger partial charge in [0, 0.05) is 19.3 Å². The molecular weight excluding hydrogens is 284 g/mol. The molecule has 2 N–H and O–H groups in total. The Morgan fingerprint density at radius 2 is 2.05 bits per heavy atom. The summed E-state index contributed by atoms with van der Waals surface area (Å²) >= 11 is 1.20. The summed E-state index contributed by atoms with van der Waals surface area (Å²) in [6, 6.07) is 5.08. The molecule has 1 fully saturated rings. The lowest BCUT2D eigenvalue weighted by molar-refractivity contribution is 0.310. The number of nitrogens with two attached hydrogens (primary N) is 1. The van der Waals surface area contributed by atoms with Gasteiger partial charge in [0.15, 0.2) is 0 Å². The van der Waals surface area contributed by atoms with Crippen molar-refractivity contribution in [3.63, 3.8) is 0 Å². The van der Waals surface area contributed by atoms with Crippen molar-refractivity contribution in [2.24, 2.45) is 0 Å². The quantitative estimate of drug-likeness (QED) is 0.918. The number of hydrogen-bond acceptors (Lipinski definition) is 6. The number of hydrogen-bond donors (Lipinski definition) is 1. The van der Waals surface area contributed by atoms with Crippen LogP contribution in [0.3, 0.4) is 0 Å². The highest BCUT2D eigenvalue weighted by molar-refractivity contribution is 7.91. The molecule has 2 aromatic heterocycles. The van der Waals surface area contributed by atoms with Crippen molar-refractivity contribution in [1.82, 2.24) is 14.3 Å². The fourth-order valence-electron chi connectivity index (χ4n) is 1.76. The maximum atomic E-state index is 12.2. The van der Waals surface area contributed by atoms with E-state index in [0.717, 1.165) is 11.3 Å². The molecule has 2 aromatic rings. The first-order valence-corrected chi connectivity index (χ1v) is 8.02. The monoisotopic (exact) mass is 296 g/mol. The van der Waals surface area contributed by atoms with E-state index in [4.69, 9.17) is 5.73 Å². The molecule has 3 rings (SSSR count). The Hall–Kier alpha value is -1.51. The van der Waals surface area contributed by atoms with Crippen LogP contribution in [0.5, 0.6) is 0 Å². The van der Waals surface area contributed by atoms with Crippen LogP contribution in [0.4, 0.5) is 5.95 Å². The predicted octanol–water partition coefficient (Wildman–Crippen LogP) is 1.18. The number of rotatable bonds is 3. The summed E-state index contributed by atoms with van der Waals surface area (Å²) in [4.78, 5) is 8.67.